The largest absolute Gasteiger partial charge is 0.481 e. The van der Waals surface area contributed by atoms with Gasteiger partial charge in [0.05, 0.1) is 11.6 Å². The Bertz CT molecular complexity index is 491. The first-order valence-corrected chi connectivity index (χ1v) is 7.58. The number of carboxylic acid groups (broad SMARTS) is 1. The van der Waals surface area contributed by atoms with Crippen molar-refractivity contribution in [3.05, 3.63) is 10.6 Å². The summed E-state index contributed by atoms with van der Waals surface area (Å²) < 4.78 is 0. The molecule has 110 valence electrons. The lowest BCUT2D eigenvalue weighted by atomic mass is 10.0. The number of nitrogens with zero attached hydrogens (tertiary/aromatic N) is 1. The summed E-state index contributed by atoms with van der Waals surface area (Å²) in [6.07, 6.45) is 4.33. The molecule has 0 saturated carbocycles. The standard InChI is InChI=1S/C13H19N3O3S/c1-7(11(17)18)8(2)14-12(19)16-13-15-9-5-3-4-6-10(9)20-13/h7-8H,3-6H2,1-2H3,(H,17,18)(H2,14,15,16,19). The van der Waals surface area contributed by atoms with E-state index in [-0.39, 0.29) is 0 Å². The zero-order valence-corrected chi connectivity index (χ0v) is 12.4. The third-order valence-electron chi connectivity index (χ3n) is 3.56. The van der Waals surface area contributed by atoms with Gasteiger partial charge in [-0.3, -0.25) is 10.1 Å². The monoisotopic (exact) mass is 297 g/mol. The Hall–Kier alpha value is -1.63. The third-order valence-corrected chi connectivity index (χ3v) is 4.64. The molecule has 20 heavy (non-hydrogen) atoms. The molecule has 0 radical (unpaired) electrons. The molecule has 0 bridgehead atoms. The average Bonchev–Trinajstić information content (AvgIpc) is 2.79. The first-order chi connectivity index (χ1) is 9.47. The van der Waals surface area contributed by atoms with Gasteiger partial charge in [-0.15, -0.1) is 11.3 Å². The number of rotatable bonds is 4. The SMILES string of the molecule is CC(NC(=O)Nc1nc2c(s1)CCCC2)C(C)C(=O)O. The smallest absolute Gasteiger partial charge is 0.321 e. The molecule has 0 saturated heterocycles. The van der Waals surface area contributed by atoms with Gasteiger partial charge in [0.2, 0.25) is 0 Å². The van der Waals surface area contributed by atoms with Crippen LogP contribution in [-0.2, 0) is 17.6 Å². The molecule has 1 aromatic rings. The fourth-order valence-electron chi connectivity index (χ4n) is 2.08. The van der Waals surface area contributed by atoms with Crippen LogP contribution in [0.5, 0.6) is 0 Å². The quantitative estimate of drug-likeness (QED) is 0.795. The maximum atomic E-state index is 11.8. The highest BCUT2D eigenvalue weighted by atomic mass is 32.1. The molecule has 7 heteroatoms. The third kappa shape index (κ3) is 3.47. The predicted molar refractivity (Wildman–Crippen MR) is 77.2 cm³/mol. The van der Waals surface area contributed by atoms with E-state index in [0.29, 0.717) is 5.13 Å². The summed E-state index contributed by atoms with van der Waals surface area (Å²) in [5.41, 5.74) is 1.09. The number of aliphatic carboxylic acids is 1. The fourth-order valence-corrected chi connectivity index (χ4v) is 3.13. The minimum Gasteiger partial charge on any atom is -0.481 e. The van der Waals surface area contributed by atoms with Gasteiger partial charge in [0.15, 0.2) is 5.13 Å². The van der Waals surface area contributed by atoms with Crippen molar-refractivity contribution in [3.8, 4) is 0 Å². The van der Waals surface area contributed by atoms with E-state index in [1.165, 1.54) is 22.6 Å². The van der Waals surface area contributed by atoms with Gasteiger partial charge in [-0.1, -0.05) is 0 Å². The number of thiazole rings is 1. The van der Waals surface area contributed by atoms with Gasteiger partial charge >= 0.3 is 12.0 Å². The number of carbonyl (C=O) groups is 2. The molecular formula is C13H19N3O3S. The summed E-state index contributed by atoms with van der Waals surface area (Å²) in [6, 6.07) is -0.848. The molecule has 0 aromatic carbocycles. The number of aryl methyl sites for hydroxylation is 2. The number of anilines is 1. The number of hydrogen-bond donors (Lipinski definition) is 3. The molecule has 2 atom stereocenters. The van der Waals surface area contributed by atoms with Crippen molar-refractivity contribution < 1.29 is 14.7 Å². The van der Waals surface area contributed by atoms with Crippen LogP contribution in [0.2, 0.25) is 0 Å². The average molecular weight is 297 g/mol. The van der Waals surface area contributed by atoms with Crippen LogP contribution in [0.25, 0.3) is 0 Å². The lowest BCUT2D eigenvalue weighted by Crippen LogP contribution is -2.42. The Morgan fingerprint density at radius 3 is 2.65 bits per heavy atom. The molecule has 0 fully saturated rings. The number of nitrogens with one attached hydrogen (secondary N) is 2. The van der Waals surface area contributed by atoms with Gasteiger partial charge in [-0.2, -0.15) is 0 Å². The van der Waals surface area contributed by atoms with Crippen LogP contribution < -0.4 is 10.6 Å². The lowest BCUT2D eigenvalue weighted by molar-refractivity contribution is -0.141. The molecular weight excluding hydrogens is 278 g/mol. The van der Waals surface area contributed by atoms with Gasteiger partial charge in [-0.05, 0) is 39.5 Å². The van der Waals surface area contributed by atoms with Crippen molar-refractivity contribution in [2.45, 2.75) is 45.6 Å². The topological polar surface area (TPSA) is 91.3 Å². The van der Waals surface area contributed by atoms with Crippen LogP contribution >= 0.6 is 11.3 Å². The number of fused-ring (bicyclic) bond motifs is 1. The van der Waals surface area contributed by atoms with Gasteiger partial charge in [0.25, 0.3) is 0 Å². The Morgan fingerprint density at radius 1 is 1.30 bits per heavy atom. The maximum Gasteiger partial charge on any atom is 0.321 e. The van der Waals surface area contributed by atoms with Crippen LogP contribution in [0.4, 0.5) is 9.93 Å². The minimum atomic E-state index is -0.928. The zero-order chi connectivity index (χ0) is 14.7. The first kappa shape index (κ1) is 14.8. The summed E-state index contributed by atoms with van der Waals surface area (Å²) in [5.74, 6) is -1.56. The van der Waals surface area contributed by atoms with Crippen molar-refractivity contribution in [1.29, 1.82) is 0 Å². The molecule has 1 aliphatic carbocycles. The van der Waals surface area contributed by atoms with E-state index in [9.17, 15) is 9.59 Å². The molecule has 6 nitrogen and oxygen atoms in total. The molecule has 3 N–H and O–H groups in total. The highest BCUT2D eigenvalue weighted by molar-refractivity contribution is 7.15. The summed E-state index contributed by atoms with van der Waals surface area (Å²) in [7, 11) is 0. The van der Waals surface area contributed by atoms with Crippen LogP contribution in [0.15, 0.2) is 0 Å². The number of aromatic nitrogens is 1. The number of urea groups is 1. The molecule has 0 spiro atoms. The Labute approximate surface area is 121 Å². The van der Waals surface area contributed by atoms with Crippen molar-refractivity contribution in [1.82, 2.24) is 10.3 Å². The minimum absolute atomic E-state index is 0.406. The van der Waals surface area contributed by atoms with E-state index in [1.54, 1.807) is 13.8 Å². The van der Waals surface area contributed by atoms with E-state index in [0.717, 1.165) is 25.0 Å². The van der Waals surface area contributed by atoms with Crippen molar-refractivity contribution >= 4 is 28.5 Å². The van der Waals surface area contributed by atoms with Crippen molar-refractivity contribution in [2.24, 2.45) is 5.92 Å². The number of amides is 2. The Kier molecular flexibility index (Phi) is 4.59. The molecule has 1 aromatic heterocycles. The van der Waals surface area contributed by atoms with Crippen LogP contribution in [0, 0.1) is 5.92 Å². The van der Waals surface area contributed by atoms with Gasteiger partial charge in [0.1, 0.15) is 0 Å². The molecule has 1 heterocycles. The number of carbonyl (C=O) groups excluding carboxylic acids is 1. The van der Waals surface area contributed by atoms with Crippen LogP contribution in [-0.4, -0.2) is 28.1 Å². The molecule has 2 rings (SSSR count). The highest BCUT2D eigenvalue weighted by Crippen LogP contribution is 2.29. The highest BCUT2D eigenvalue weighted by Gasteiger charge is 2.22. The lowest BCUT2D eigenvalue weighted by Gasteiger charge is -2.17. The molecule has 2 unspecified atom stereocenters. The van der Waals surface area contributed by atoms with Crippen LogP contribution in [0.1, 0.15) is 37.3 Å². The Balaban J connectivity index is 1.91. The molecule has 0 aliphatic heterocycles. The van der Waals surface area contributed by atoms with Crippen molar-refractivity contribution in [3.63, 3.8) is 0 Å². The van der Waals surface area contributed by atoms with E-state index in [2.05, 4.69) is 15.6 Å². The second-order valence-electron chi connectivity index (χ2n) is 5.11. The normalized spacial score (nSPS) is 16.9. The van der Waals surface area contributed by atoms with E-state index in [4.69, 9.17) is 5.11 Å². The van der Waals surface area contributed by atoms with Crippen LogP contribution in [0.3, 0.4) is 0 Å². The summed E-state index contributed by atoms with van der Waals surface area (Å²) >= 11 is 1.51. The van der Waals surface area contributed by atoms with Gasteiger partial charge < -0.3 is 10.4 Å². The van der Waals surface area contributed by atoms with Crippen molar-refractivity contribution in [2.75, 3.05) is 5.32 Å². The summed E-state index contributed by atoms with van der Waals surface area (Å²) in [5, 5.41) is 14.8. The van der Waals surface area contributed by atoms with E-state index in [1.807, 2.05) is 0 Å². The van der Waals surface area contributed by atoms with E-state index >= 15 is 0 Å². The predicted octanol–water partition coefficient (Wildman–Crippen LogP) is 2.25. The summed E-state index contributed by atoms with van der Waals surface area (Å²) in [6.45, 7) is 3.24. The second kappa shape index (κ2) is 6.21. The first-order valence-electron chi connectivity index (χ1n) is 6.76. The number of hydrogen-bond acceptors (Lipinski definition) is 4. The maximum absolute atomic E-state index is 11.8. The molecule has 1 aliphatic rings. The van der Waals surface area contributed by atoms with Gasteiger partial charge in [0, 0.05) is 10.9 Å². The molecule has 2 amide bonds. The second-order valence-corrected chi connectivity index (χ2v) is 6.19. The van der Waals surface area contributed by atoms with E-state index < -0.39 is 24.0 Å². The summed E-state index contributed by atoms with van der Waals surface area (Å²) in [4.78, 5) is 28.3. The Morgan fingerprint density at radius 2 is 2.00 bits per heavy atom. The zero-order valence-electron chi connectivity index (χ0n) is 11.6. The van der Waals surface area contributed by atoms with Gasteiger partial charge in [-0.25, -0.2) is 9.78 Å². The number of carboxylic acids is 1. The fraction of sp³-hybridized carbons (Fsp3) is 0.615.